The average Bonchev–Trinajstić information content (AvgIpc) is 2.58. The van der Waals surface area contributed by atoms with E-state index >= 15 is 0 Å². The third-order valence-electron chi connectivity index (χ3n) is 4.01. The van der Waals surface area contributed by atoms with E-state index in [-0.39, 0.29) is 22.9 Å². The van der Waals surface area contributed by atoms with Gasteiger partial charge in [-0.15, -0.1) is 0 Å². The number of hydrogen-bond donors (Lipinski definition) is 2. The van der Waals surface area contributed by atoms with E-state index in [2.05, 4.69) is 16.9 Å². The predicted octanol–water partition coefficient (Wildman–Crippen LogP) is 6.12. The Balaban J connectivity index is 2.84. The fraction of sp³-hybridized carbons (Fsp3) is 0.556. The van der Waals surface area contributed by atoms with Gasteiger partial charge in [-0.3, -0.25) is 0 Å². The normalized spacial score (nSPS) is 10.8. The van der Waals surface area contributed by atoms with E-state index in [1.165, 1.54) is 39.2 Å². The van der Waals surface area contributed by atoms with Crippen molar-refractivity contribution in [2.45, 2.75) is 58.8 Å². The highest BCUT2D eigenvalue weighted by molar-refractivity contribution is 5.78. The monoisotopic (exact) mass is 333 g/mol. The number of nitrogens with zero attached hydrogens (tertiary/aromatic N) is 3. The molecule has 0 saturated heterocycles. The molecule has 0 saturated carbocycles. The number of aromatic hydroxyl groups is 2. The average molecular weight is 333 g/mol. The molecule has 0 amide bonds. The molecule has 0 bridgehead atoms. The van der Waals surface area contributed by atoms with E-state index in [1.54, 1.807) is 13.0 Å². The Kier molecular flexibility index (Phi) is 8.58. The fourth-order valence-corrected chi connectivity index (χ4v) is 2.61. The molecule has 2 N–H and O–H groups in total. The van der Waals surface area contributed by atoms with Crippen molar-refractivity contribution in [3.63, 3.8) is 0 Å². The Bertz CT molecular complexity index is 621. The highest BCUT2D eigenvalue weighted by Gasteiger charge is 2.19. The van der Waals surface area contributed by atoms with E-state index in [0.29, 0.717) is 11.1 Å². The van der Waals surface area contributed by atoms with Crippen molar-refractivity contribution in [3.8, 4) is 17.2 Å². The van der Waals surface area contributed by atoms with Crippen LogP contribution < -0.4 is 4.74 Å². The van der Waals surface area contributed by atoms with E-state index in [4.69, 9.17) is 10.3 Å². The van der Waals surface area contributed by atoms with Crippen molar-refractivity contribution >= 4 is 11.8 Å². The molecule has 0 fully saturated rings. The summed E-state index contributed by atoms with van der Waals surface area (Å²) < 4.78 is 5.18. The molecule has 1 rings (SSSR count). The molecule has 0 aliphatic heterocycles. The van der Waals surface area contributed by atoms with Crippen molar-refractivity contribution in [2.24, 2.45) is 5.11 Å². The first-order valence-electron chi connectivity index (χ1n) is 8.42. The van der Waals surface area contributed by atoms with Crippen LogP contribution in [0.15, 0.2) is 11.2 Å². The minimum absolute atomic E-state index is 0.0140. The maximum absolute atomic E-state index is 10.3. The van der Waals surface area contributed by atoms with Gasteiger partial charge in [0.2, 0.25) is 0 Å². The molecule has 0 unspecified atom stereocenters. The molecular formula is C18H27N3O3. The number of unbranched alkanes of at least 4 members (excludes halogenated alkanes) is 6. The Labute approximate surface area is 143 Å². The van der Waals surface area contributed by atoms with Crippen LogP contribution in [0.5, 0.6) is 17.2 Å². The van der Waals surface area contributed by atoms with Crippen molar-refractivity contribution in [2.75, 3.05) is 7.11 Å². The highest BCUT2D eigenvalue weighted by Crippen LogP contribution is 2.48. The summed E-state index contributed by atoms with van der Waals surface area (Å²) in [5.41, 5.74) is 9.29. The smallest absolute Gasteiger partial charge is 0.171 e. The summed E-state index contributed by atoms with van der Waals surface area (Å²) in [5.74, 6) is -0.198. The number of phenolic OH excluding ortho intramolecular Hbond substituents is 2. The van der Waals surface area contributed by atoms with Gasteiger partial charge in [-0.1, -0.05) is 56.3 Å². The molecule has 132 valence electrons. The number of rotatable bonds is 10. The lowest BCUT2D eigenvalue weighted by Crippen LogP contribution is -1.92. The highest BCUT2D eigenvalue weighted by atomic mass is 16.5. The molecule has 0 spiro atoms. The number of hydrogen-bond acceptors (Lipinski definition) is 4. The predicted molar refractivity (Wildman–Crippen MR) is 96.9 cm³/mol. The first-order chi connectivity index (χ1) is 11.6. The van der Waals surface area contributed by atoms with Gasteiger partial charge in [0.05, 0.1) is 18.4 Å². The van der Waals surface area contributed by atoms with Gasteiger partial charge in [0.25, 0.3) is 0 Å². The molecular weight excluding hydrogens is 306 g/mol. The summed E-state index contributed by atoms with van der Waals surface area (Å²) in [6.07, 6.45) is 11.9. The number of methoxy groups -OCH3 is 1. The quantitative estimate of drug-likeness (QED) is 0.177. The van der Waals surface area contributed by atoms with Gasteiger partial charge in [-0.2, -0.15) is 0 Å². The topological polar surface area (TPSA) is 98.5 Å². The van der Waals surface area contributed by atoms with Crippen molar-refractivity contribution in [1.82, 2.24) is 0 Å². The van der Waals surface area contributed by atoms with Crippen LogP contribution in [0.1, 0.15) is 63.0 Å². The molecule has 24 heavy (non-hydrogen) atoms. The number of benzene rings is 1. The summed E-state index contributed by atoms with van der Waals surface area (Å²) in [5, 5.41) is 23.9. The largest absolute Gasteiger partial charge is 0.507 e. The molecule has 0 radical (unpaired) electrons. The van der Waals surface area contributed by atoms with Crippen LogP contribution in [0.2, 0.25) is 0 Å². The minimum Gasteiger partial charge on any atom is -0.507 e. The molecule has 6 heteroatoms. The maximum atomic E-state index is 10.3. The zero-order chi connectivity index (χ0) is 17.9. The van der Waals surface area contributed by atoms with Gasteiger partial charge in [0.1, 0.15) is 5.75 Å². The number of ether oxygens (including phenoxy) is 1. The molecule has 0 atom stereocenters. The second kappa shape index (κ2) is 10.4. The fourth-order valence-electron chi connectivity index (χ4n) is 2.61. The van der Waals surface area contributed by atoms with E-state index in [1.807, 2.05) is 6.08 Å². The van der Waals surface area contributed by atoms with Gasteiger partial charge in [-0.25, -0.2) is 0 Å². The molecule has 0 aromatic heterocycles. The summed E-state index contributed by atoms with van der Waals surface area (Å²) in [6.45, 7) is 3.79. The van der Waals surface area contributed by atoms with E-state index in [0.717, 1.165) is 12.8 Å². The van der Waals surface area contributed by atoms with Crippen LogP contribution in [0.4, 0.5) is 5.69 Å². The molecule has 6 nitrogen and oxygen atoms in total. The zero-order valence-electron chi connectivity index (χ0n) is 14.7. The lowest BCUT2D eigenvalue weighted by molar-refractivity contribution is 0.367. The first kappa shape index (κ1) is 19.7. The number of allylic oxidation sites excluding steroid dienone is 1. The lowest BCUT2D eigenvalue weighted by Gasteiger charge is -2.14. The van der Waals surface area contributed by atoms with Crippen molar-refractivity contribution in [3.05, 3.63) is 27.6 Å². The van der Waals surface area contributed by atoms with Crippen LogP contribution in [-0.4, -0.2) is 17.3 Å². The molecule has 1 aromatic rings. The minimum atomic E-state index is -0.259. The Morgan fingerprint density at radius 2 is 1.79 bits per heavy atom. The van der Waals surface area contributed by atoms with Gasteiger partial charge in [-0.05, 0) is 25.3 Å². The molecule has 0 aliphatic rings. The Morgan fingerprint density at radius 3 is 2.42 bits per heavy atom. The standard InChI is InChI=1S/C18H27N3O3/c1-4-5-6-7-8-9-10-11-12-14-16(22)13(2)15(20-21-19)17(23)18(14)24-3/h11-12,22-23H,4-10H2,1-3H3. The molecule has 1 aromatic carbocycles. The lowest BCUT2D eigenvalue weighted by atomic mass is 10.0. The maximum Gasteiger partial charge on any atom is 0.171 e. The van der Waals surface area contributed by atoms with Crippen LogP contribution in [0.25, 0.3) is 16.5 Å². The summed E-state index contributed by atoms with van der Waals surface area (Å²) in [7, 11) is 1.40. The Hall–Kier alpha value is -2.33. The Morgan fingerprint density at radius 1 is 1.12 bits per heavy atom. The van der Waals surface area contributed by atoms with E-state index in [9.17, 15) is 10.2 Å². The third-order valence-corrected chi connectivity index (χ3v) is 4.01. The van der Waals surface area contributed by atoms with Crippen LogP contribution in [-0.2, 0) is 0 Å². The molecule has 0 aliphatic carbocycles. The summed E-state index contributed by atoms with van der Waals surface area (Å²) >= 11 is 0. The van der Waals surface area contributed by atoms with Crippen molar-refractivity contribution in [1.29, 1.82) is 0 Å². The SMILES string of the molecule is CCCCCCCCC=Cc1c(O)c(C)c(N=[N+]=[N-])c(O)c1OC. The van der Waals surface area contributed by atoms with Gasteiger partial charge < -0.3 is 14.9 Å². The number of azide groups is 1. The second-order valence-electron chi connectivity index (χ2n) is 5.77. The van der Waals surface area contributed by atoms with Gasteiger partial charge >= 0.3 is 0 Å². The van der Waals surface area contributed by atoms with Crippen LogP contribution in [0.3, 0.4) is 0 Å². The number of phenols is 2. The van der Waals surface area contributed by atoms with Crippen molar-refractivity contribution < 1.29 is 14.9 Å². The summed E-state index contributed by atoms with van der Waals surface area (Å²) in [4.78, 5) is 2.67. The van der Waals surface area contributed by atoms with Crippen LogP contribution in [0, 0.1) is 6.92 Å². The first-order valence-corrected chi connectivity index (χ1v) is 8.42. The van der Waals surface area contributed by atoms with Gasteiger partial charge in [0, 0.05) is 10.5 Å². The van der Waals surface area contributed by atoms with Crippen LogP contribution >= 0.6 is 0 Å². The summed E-state index contributed by atoms with van der Waals surface area (Å²) in [6, 6.07) is 0. The van der Waals surface area contributed by atoms with Gasteiger partial charge in [0.15, 0.2) is 11.5 Å². The van der Waals surface area contributed by atoms with E-state index < -0.39 is 0 Å². The molecule has 0 heterocycles. The third kappa shape index (κ3) is 5.10. The zero-order valence-corrected chi connectivity index (χ0v) is 14.7. The second-order valence-corrected chi connectivity index (χ2v) is 5.77.